The summed E-state index contributed by atoms with van der Waals surface area (Å²) in [6.45, 7) is 8.19. The first kappa shape index (κ1) is 21.3. The summed E-state index contributed by atoms with van der Waals surface area (Å²) in [5, 5.41) is 3.11. The van der Waals surface area contributed by atoms with Gasteiger partial charge in [0.15, 0.2) is 0 Å². The lowest BCUT2D eigenvalue weighted by Crippen LogP contribution is -2.48. The third-order valence-corrected chi connectivity index (χ3v) is 5.41. The van der Waals surface area contributed by atoms with Crippen LogP contribution in [0.1, 0.15) is 57.9 Å². The molecule has 1 aliphatic rings. The van der Waals surface area contributed by atoms with Crippen LogP contribution in [0.2, 0.25) is 0 Å². The van der Waals surface area contributed by atoms with Crippen LogP contribution in [0.5, 0.6) is 5.75 Å². The van der Waals surface area contributed by atoms with Gasteiger partial charge in [0.1, 0.15) is 5.75 Å². The van der Waals surface area contributed by atoms with Crippen molar-refractivity contribution in [1.82, 2.24) is 10.2 Å². The SMILES string of the molecule is CCC(CC)C(=O)N1CCC(NC(=O)CCCOc2ccccc2C)CC1. The van der Waals surface area contributed by atoms with Gasteiger partial charge in [-0.3, -0.25) is 9.59 Å². The number of ether oxygens (including phenoxy) is 1. The molecule has 2 amide bonds. The molecular formula is C22H34N2O3. The maximum atomic E-state index is 12.4. The zero-order valence-corrected chi connectivity index (χ0v) is 17.0. The number of likely N-dealkylation sites (tertiary alicyclic amines) is 1. The molecule has 0 radical (unpaired) electrons. The Morgan fingerprint density at radius 3 is 2.48 bits per heavy atom. The van der Waals surface area contributed by atoms with Gasteiger partial charge in [-0.05, 0) is 50.7 Å². The van der Waals surface area contributed by atoms with Gasteiger partial charge < -0.3 is 15.0 Å². The quantitative estimate of drug-likeness (QED) is 0.671. The number of nitrogens with zero attached hydrogens (tertiary/aromatic N) is 1. The van der Waals surface area contributed by atoms with E-state index in [0.717, 1.165) is 50.1 Å². The number of nitrogens with one attached hydrogen (secondary N) is 1. The summed E-state index contributed by atoms with van der Waals surface area (Å²) in [6.07, 6.45) is 4.66. The highest BCUT2D eigenvalue weighted by Gasteiger charge is 2.26. The van der Waals surface area contributed by atoms with Gasteiger partial charge in [0.25, 0.3) is 0 Å². The number of para-hydroxylation sites is 1. The van der Waals surface area contributed by atoms with E-state index >= 15 is 0 Å². The average Bonchev–Trinajstić information content (AvgIpc) is 2.68. The second-order valence-electron chi connectivity index (χ2n) is 7.40. The van der Waals surface area contributed by atoms with E-state index < -0.39 is 0 Å². The number of aryl methyl sites for hydroxylation is 1. The Labute approximate surface area is 163 Å². The highest BCUT2D eigenvalue weighted by atomic mass is 16.5. The Hall–Kier alpha value is -2.04. The maximum absolute atomic E-state index is 12.4. The molecule has 0 bridgehead atoms. The fraction of sp³-hybridized carbons (Fsp3) is 0.636. The van der Waals surface area contributed by atoms with E-state index in [9.17, 15) is 9.59 Å². The van der Waals surface area contributed by atoms with E-state index in [0.29, 0.717) is 19.4 Å². The van der Waals surface area contributed by atoms with Crippen LogP contribution in [0.25, 0.3) is 0 Å². The van der Waals surface area contributed by atoms with Crippen LogP contribution in [0, 0.1) is 12.8 Å². The van der Waals surface area contributed by atoms with Gasteiger partial charge >= 0.3 is 0 Å². The topological polar surface area (TPSA) is 58.6 Å². The molecule has 1 aromatic carbocycles. The smallest absolute Gasteiger partial charge is 0.225 e. The number of benzene rings is 1. The monoisotopic (exact) mass is 374 g/mol. The van der Waals surface area contributed by atoms with Crippen molar-refractivity contribution < 1.29 is 14.3 Å². The molecule has 5 nitrogen and oxygen atoms in total. The third kappa shape index (κ3) is 6.56. The van der Waals surface area contributed by atoms with Crippen LogP contribution in [0.3, 0.4) is 0 Å². The molecule has 0 atom stereocenters. The number of hydrogen-bond donors (Lipinski definition) is 1. The van der Waals surface area contributed by atoms with E-state index in [-0.39, 0.29) is 23.8 Å². The molecular weight excluding hydrogens is 340 g/mol. The summed E-state index contributed by atoms with van der Waals surface area (Å²) in [7, 11) is 0. The lowest BCUT2D eigenvalue weighted by Gasteiger charge is -2.34. The van der Waals surface area contributed by atoms with Crippen molar-refractivity contribution in [1.29, 1.82) is 0 Å². The maximum Gasteiger partial charge on any atom is 0.225 e. The van der Waals surface area contributed by atoms with E-state index in [1.54, 1.807) is 0 Å². The standard InChI is InChI=1S/C22H34N2O3/c1-4-18(5-2)22(26)24-14-12-19(13-15-24)23-21(25)11-8-16-27-20-10-7-6-9-17(20)3/h6-7,9-10,18-19H,4-5,8,11-16H2,1-3H3,(H,23,25). The fourth-order valence-corrected chi connectivity index (χ4v) is 3.57. The zero-order chi connectivity index (χ0) is 19.6. The van der Waals surface area contributed by atoms with Gasteiger partial charge in [-0.2, -0.15) is 0 Å². The van der Waals surface area contributed by atoms with Crippen LogP contribution in [0.4, 0.5) is 0 Å². The largest absolute Gasteiger partial charge is 0.493 e. The summed E-state index contributed by atoms with van der Waals surface area (Å²) >= 11 is 0. The Morgan fingerprint density at radius 1 is 1.19 bits per heavy atom. The molecule has 1 heterocycles. The molecule has 0 spiro atoms. The summed E-state index contributed by atoms with van der Waals surface area (Å²) in [4.78, 5) is 26.6. The Morgan fingerprint density at radius 2 is 1.85 bits per heavy atom. The van der Waals surface area contributed by atoms with Crippen molar-refractivity contribution in [2.75, 3.05) is 19.7 Å². The molecule has 0 unspecified atom stereocenters. The summed E-state index contributed by atoms with van der Waals surface area (Å²) in [5.74, 6) is 1.38. The summed E-state index contributed by atoms with van der Waals surface area (Å²) < 4.78 is 5.74. The van der Waals surface area contributed by atoms with Crippen LogP contribution in [-0.2, 0) is 9.59 Å². The minimum absolute atomic E-state index is 0.0770. The predicted octanol–water partition coefficient (Wildman–Crippen LogP) is 3.70. The van der Waals surface area contributed by atoms with Crippen molar-refractivity contribution in [2.45, 2.75) is 65.3 Å². The first-order valence-corrected chi connectivity index (χ1v) is 10.3. The second kappa shape index (κ2) is 11.0. The van der Waals surface area contributed by atoms with Crippen LogP contribution in [-0.4, -0.2) is 42.5 Å². The second-order valence-corrected chi connectivity index (χ2v) is 7.40. The van der Waals surface area contributed by atoms with Gasteiger partial charge in [-0.1, -0.05) is 32.0 Å². The molecule has 5 heteroatoms. The normalized spacial score (nSPS) is 15.0. The molecule has 1 saturated heterocycles. The molecule has 1 N–H and O–H groups in total. The van der Waals surface area contributed by atoms with Crippen LogP contribution >= 0.6 is 0 Å². The molecule has 2 rings (SSSR count). The molecule has 27 heavy (non-hydrogen) atoms. The van der Waals surface area contributed by atoms with E-state index in [2.05, 4.69) is 19.2 Å². The zero-order valence-electron chi connectivity index (χ0n) is 17.0. The van der Waals surface area contributed by atoms with Crippen molar-refractivity contribution >= 4 is 11.8 Å². The molecule has 150 valence electrons. The first-order chi connectivity index (χ1) is 13.0. The van der Waals surface area contributed by atoms with Gasteiger partial charge in [-0.25, -0.2) is 0 Å². The highest BCUT2D eigenvalue weighted by molar-refractivity contribution is 5.79. The third-order valence-electron chi connectivity index (χ3n) is 5.41. The minimum Gasteiger partial charge on any atom is -0.493 e. The van der Waals surface area contributed by atoms with E-state index in [1.165, 1.54) is 0 Å². The predicted molar refractivity (Wildman–Crippen MR) is 108 cm³/mol. The van der Waals surface area contributed by atoms with Crippen molar-refractivity contribution in [2.24, 2.45) is 5.92 Å². The van der Waals surface area contributed by atoms with Crippen molar-refractivity contribution in [3.63, 3.8) is 0 Å². The minimum atomic E-state index is 0.0770. The summed E-state index contributed by atoms with van der Waals surface area (Å²) in [6, 6.07) is 8.09. The summed E-state index contributed by atoms with van der Waals surface area (Å²) in [5.41, 5.74) is 1.11. The molecule has 1 aliphatic heterocycles. The fourth-order valence-electron chi connectivity index (χ4n) is 3.57. The van der Waals surface area contributed by atoms with Gasteiger partial charge in [0.2, 0.25) is 11.8 Å². The lowest BCUT2D eigenvalue weighted by molar-refractivity contribution is -0.137. The number of carbonyl (C=O) groups is 2. The van der Waals surface area contributed by atoms with Crippen LogP contribution < -0.4 is 10.1 Å². The van der Waals surface area contributed by atoms with E-state index in [1.807, 2.05) is 36.1 Å². The number of carbonyl (C=O) groups excluding carboxylic acids is 2. The number of rotatable bonds is 9. The Bertz CT molecular complexity index is 605. The van der Waals surface area contributed by atoms with E-state index in [4.69, 9.17) is 4.74 Å². The molecule has 0 saturated carbocycles. The number of piperidine rings is 1. The van der Waals surface area contributed by atoms with Gasteiger partial charge in [0, 0.05) is 31.5 Å². The highest BCUT2D eigenvalue weighted by Crippen LogP contribution is 2.18. The molecule has 0 aromatic heterocycles. The molecule has 1 aromatic rings. The van der Waals surface area contributed by atoms with Gasteiger partial charge in [-0.15, -0.1) is 0 Å². The number of amides is 2. The van der Waals surface area contributed by atoms with Crippen molar-refractivity contribution in [3.05, 3.63) is 29.8 Å². The van der Waals surface area contributed by atoms with Crippen molar-refractivity contribution in [3.8, 4) is 5.75 Å². The number of hydrogen-bond acceptors (Lipinski definition) is 3. The first-order valence-electron chi connectivity index (χ1n) is 10.3. The lowest BCUT2D eigenvalue weighted by atomic mass is 9.98. The molecule has 1 fully saturated rings. The van der Waals surface area contributed by atoms with Gasteiger partial charge in [0.05, 0.1) is 6.61 Å². The Balaban J connectivity index is 1.63. The Kier molecular flexibility index (Phi) is 8.62. The average molecular weight is 375 g/mol. The molecule has 0 aliphatic carbocycles. The van der Waals surface area contributed by atoms with Crippen LogP contribution in [0.15, 0.2) is 24.3 Å².